The molecule has 1 aromatic carbocycles. The second kappa shape index (κ2) is 6.54. The molecule has 1 unspecified atom stereocenters. The van der Waals surface area contributed by atoms with Gasteiger partial charge in [0.2, 0.25) is 0 Å². The van der Waals surface area contributed by atoms with Gasteiger partial charge in [-0.1, -0.05) is 23.9 Å². The highest BCUT2D eigenvalue weighted by atomic mass is 32.2. The molecule has 0 bridgehead atoms. The molecule has 2 aromatic rings. The van der Waals surface area contributed by atoms with Crippen molar-refractivity contribution >= 4 is 23.3 Å². The van der Waals surface area contributed by atoms with E-state index >= 15 is 0 Å². The summed E-state index contributed by atoms with van der Waals surface area (Å²) in [5.41, 5.74) is 1.29. The van der Waals surface area contributed by atoms with Crippen molar-refractivity contribution in [1.82, 2.24) is 4.98 Å². The standard InChI is InChI=1S/C19H26N3S/c1-5-22(4,6-2)15(3)14-21-16-10-7-8-11-17(16)23-18-12-9-13-20-19(18)21/h7-13,15H,5-6,14H2,1-4H3/q+1. The topological polar surface area (TPSA) is 16.1 Å². The molecule has 0 aliphatic carbocycles. The first-order valence-corrected chi connectivity index (χ1v) is 9.24. The second-order valence-corrected chi connectivity index (χ2v) is 7.55. The Balaban J connectivity index is 1.98. The summed E-state index contributed by atoms with van der Waals surface area (Å²) in [6.45, 7) is 10.2. The highest BCUT2D eigenvalue weighted by Crippen LogP contribution is 2.46. The summed E-state index contributed by atoms with van der Waals surface area (Å²) in [5, 5.41) is 0. The predicted molar refractivity (Wildman–Crippen MR) is 98.5 cm³/mol. The van der Waals surface area contributed by atoms with E-state index in [2.05, 4.69) is 68.0 Å². The van der Waals surface area contributed by atoms with Crippen LogP contribution in [0.25, 0.3) is 0 Å². The van der Waals surface area contributed by atoms with Crippen molar-refractivity contribution < 1.29 is 4.48 Å². The van der Waals surface area contributed by atoms with Gasteiger partial charge in [0.1, 0.15) is 11.9 Å². The number of nitrogens with zero attached hydrogens (tertiary/aromatic N) is 3. The third-order valence-corrected chi connectivity index (χ3v) is 6.44. The first-order valence-electron chi connectivity index (χ1n) is 8.42. The van der Waals surface area contributed by atoms with Gasteiger partial charge in [-0.25, -0.2) is 4.98 Å². The molecular formula is C19H26N3S+. The summed E-state index contributed by atoms with van der Waals surface area (Å²) < 4.78 is 1.08. The van der Waals surface area contributed by atoms with E-state index < -0.39 is 0 Å². The van der Waals surface area contributed by atoms with Crippen molar-refractivity contribution in [3.05, 3.63) is 42.6 Å². The minimum absolute atomic E-state index is 0.538. The Morgan fingerprint density at radius 3 is 2.52 bits per heavy atom. The summed E-state index contributed by atoms with van der Waals surface area (Å²) in [6.07, 6.45) is 1.90. The van der Waals surface area contributed by atoms with E-state index in [1.54, 1.807) is 0 Å². The van der Waals surface area contributed by atoms with E-state index in [9.17, 15) is 0 Å². The lowest BCUT2D eigenvalue weighted by atomic mass is 10.1. The molecule has 3 rings (SSSR count). The lowest BCUT2D eigenvalue weighted by Crippen LogP contribution is -2.54. The van der Waals surface area contributed by atoms with Gasteiger partial charge in [0.15, 0.2) is 0 Å². The molecule has 1 aliphatic rings. The monoisotopic (exact) mass is 328 g/mol. The Morgan fingerprint density at radius 2 is 1.78 bits per heavy atom. The molecule has 1 aliphatic heterocycles. The largest absolute Gasteiger partial charge is 0.323 e. The Bertz CT molecular complexity index is 636. The number of benzene rings is 1. The zero-order valence-electron chi connectivity index (χ0n) is 14.5. The summed E-state index contributed by atoms with van der Waals surface area (Å²) in [7, 11) is 2.36. The van der Waals surface area contributed by atoms with Crippen molar-refractivity contribution in [1.29, 1.82) is 0 Å². The SMILES string of the molecule is CC[N+](C)(CC)C(C)CN1c2ccccc2Sc2cccnc21. The highest BCUT2D eigenvalue weighted by Gasteiger charge is 2.31. The lowest BCUT2D eigenvalue weighted by molar-refractivity contribution is -0.926. The highest BCUT2D eigenvalue weighted by molar-refractivity contribution is 7.99. The van der Waals surface area contributed by atoms with Crippen LogP contribution in [0.15, 0.2) is 52.4 Å². The van der Waals surface area contributed by atoms with Crippen LogP contribution in [0.5, 0.6) is 0 Å². The maximum atomic E-state index is 4.68. The number of hydrogen-bond acceptors (Lipinski definition) is 3. The zero-order valence-corrected chi connectivity index (χ0v) is 15.3. The third-order valence-electron chi connectivity index (χ3n) is 5.34. The average molecular weight is 329 g/mol. The van der Waals surface area contributed by atoms with E-state index in [4.69, 9.17) is 0 Å². The molecule has 1 atom stereocenters. The number of quaternary nitrogens is 1. The van der Waals surface area contributed by atoms with Gasteiger partial charge in [-0.3, -0.25) is 0 Å². The lowest BCUT2D eigenvalue weighted by Gasteiger charge is -2.42. The molecule has 0 radical (unpaired) electrons. The molecule has 23 heavy (non-hydrogen) atoms. The number of likely N-dealkylation sites (N-methyl/N-ethyl adjacent to an activating group) is 1. The molecule has 0 spiro atoms. The van der Waals surface area contributed by atoms with Crippen LogP contribution in [0.2, 0.25) is 0 Å². The molecule has 1 aromatic heterocycles. The molecule has 2 heterocycles. The van der Waals surface area contributed by atoms with Gasteiger partial charge in [-0.15, -0.1) is 0 Å². The van der Waals surface area contributed by atoms with Crippen LogP contribution >= 0.6 is 11.8 Å². The van der Waals surface area contributed by atoms with Crippen molar-refractivity contribution in [3.8, 4) is 0 Å². The minimum Gasteiger partial charge on any atom is -0.323 e. The predicted octanol–water partition coefficient (Wildman–Crippen LogP) is 4.56. The fourth-order valence-electron chi connectivity index (χ4n) is 3.16. The van der Waals surface area contributed by atoms with Gasteiger partial charge < -0.3 is 9.38 Å². The Morgan fingerprint density at radius 1 is 1.09 bits per heavy atom. The summed E-state index contributed by atoms with van der Waals surface area (Å²) in [6, 6.07) is 13.4. The van der Waals surface area contributed by atoms with E-state index in [1.807, 2.05) is 24.0 Å². The van der Waals surface area contributed by atoms with Gasteiger partial charge >= 0.3 is 0 Å². The second-order valence-electron chi connectivity index (χ2n) is 6.47. The van der Waals surface area contributed by atoms with Crippen LogP contribution in [0.4, 0.5) is 11.5 Å². The molecular weight excluding hydrogens is 302 g/mol. The van der Waals surface area contributed by atoms with E-state index in [1.165, 1.54) is 15.5 Å². The number of para-hydroxylation sites is 1. The van der Waals surface area contributed by atoms with Gasteiger partial charge in [-0.2, -0.15) is 0 Å². The Labute approximate surface area is 143 Å². The van der Waals surface area contributed by atoms with E-state index in [-0.39, 0.29) is 0 Å². The smallest absolute Gasteiger partial charge is 0.147 e. The van der Waals surface area contributed by atoms with Gasteiger partial charge in [0.05, 0.1) is 37.3 Å². The molecule has 4 heteroatoms. The number of aromatic nitrogens is 1. The fraction of sp³-hybridized carbons (Fsp3) is 0.421. The van der Waals surface area contributed by atoms with Crippen LogP contribution in [0, 0.1) is 0 Å². The molecule has 0 saturated carbocycles. The average Bonchev–Trinajstić information content (AvgIpc) is 2.60. The van der Waals surface area contributed by atoms with Gasteiger partial charge in [0.25, 0.3) is 0 Å². The van der Waals surface area contributed by atoms with Crippen molar-refractivity contribution in [2.45, 2.75) is 36.6 Å². The first-order chi connectivity index (χ1) is 11.1. The summed E-state index contributed by atoms with van der Waals surface area (Å²) in [4.78, 5) is 9.67. The molecule has 0 saturated heterocycles. The molecule has 0 amide bonds. The van der Waals surface area contributed by atoms with Crippen molar-refractivity contribution in [2.75, 3.05) is 31.6 Å². The number of rotatable bonds is 5. The van der Waals surface area contributed by atoms with Crippen LogP contribution < -0.4 is 4.90 Å². The molecule has 3 nitrogen and oxygen atoms in total. The maximum Gasteiger partial charge on any atom is 0.147 e. The summed E-state index contributed by atoms with van der Waals surface area (Å²) in [5.74, 6) is 1.10. The number of hydrogen-bond donors (Lipinski definition) is 0. The van der Waals surface area contributed by atoms with Crippen LogP contribution in [-0.2, 0) is 0 Å². The number of fused-ring (bicyclic) bond motifs is 2. The fourth-order valence-corrected chi connectivity index (χ4v) is 4.22. The zero-order chi connectivity index (χ0) is 16.4. The Kier molecular flexibility index (Phi) is 4.64. The first kappa shape index (κ1) is 16.3. The molecule has 0 fully saturated rings. The number of anilines is 2. The quantitative estimate of drug-likeness (QED) is 0.749. The number of pyridine rings is 1. The summed E-state index contributed by atoms with van der Waals surface area (Å²) >= 11 is 1.82. The Hall–Kier alpha value is -1.52. The van der Waals surface area contributed by atoms with Crippen molar-refractivity contribution in [2.24, 2.45) is 0 Å². The van der Waals surface area contributed by atoms with Crippen LogP contribution in [0.3, 0.4) is 0 Å². The van der Waals surface area contributed by atoms with E-state index in [0.717, 1.165) is 29.9 Å². The van der Waals surface area contributed by atoms with Gasteiger partial charge in [-0.05, 0) is 45.0 Å². The molecule has 122 valence electrons. The van der Waals surface area contributed by atoms with Crippen LogP contribution in [0.1, 0.15) is 20.8 Å². The van der Waals surface area contributed by atoms with E-state index in [0.29, 0.717) is 6.04 Å². The molecule has 0 N–H and O–H groups in total. The van der Waals surface area contributed by atoms with Crippen LogP contribution in [-0.4, -0.2) is 42.2 Å². The normalized spacial score (nSPS) is 15.0. The van der Waals surface area contributed by atoms with Gasteiger partial charge in [0, 0.05) is 11.1 Å². The van der Waals surface area contributed by atoms with Crippen molar-refractivity contribution in [3.63, 3.8) is 0 Å². The third kappa shape index (κ3) is 2.98. The minimum atomic E-state index is 0.538. The maximum absolute atomic E-state index is 4.68.